The molecule has 25 heteroatoms. The molecule has 2 bridgehead atoms. The Labute approximate surface area is 444 Å². The van der Waals surface area contributed by atoms with Crippen LogP contribution < -0.4 is 21.5 Å². The van der Waals surface area contributed by atoms with Gasteiger partial charge >= 0.3 is 12.7 Å². The van der Waals surface area contributed by atoms with Gasteiger partial charge in [-0.1, -0.05) is 48.2 Å². The maximum absolute atomic E-state index is 14.4. The number of alkyl halides is 5. The fourth-order valence-corrected chi connectivity index (χ4v) is 11.8. The Hall–Kier alpha value is -5.72. The number of hydrogen-bond acceptors (Lipinski definition) is 15. The van der Waals surface area contributed by atoms with Crippen molar-refractivity contribution >= 4 is 52.7 Å². The standard InChI is InChI=1S/C51H59Cl2F5N12O6/c1-26-30(16-28-3-2-27(14-28)15-29-4-7-33(17-29)75-24-41-47(73)46(72)38(23-76-41)63-43-11-13-61-49(65-43)51(56,57)58)5-8-40(36-18-31(10-12-60-36)45(66-50(54)55)37(21-59)64-48(26)74)69-25-62-35(20-44(69)71)34-19-32(52)6-9-39(34)70-22-42(53)67-68-70/h6,9-10,12,18-22,25-30,33,38,40-41,46-47,50,59,66,72-73H,2-5,7-8,11,13-17,23-24H2,1H3,(H,64,74)(H,61,63,65)/b45-37+,59-21?/t26-,27?,28?,29?,30?,33?,38+,40+,41-,46-,47+/m1/s1. The second kappa shape index (κ2) is 23.9. The van der Waals surface area contributed by atoms with E-state index in [2.05, 4.69) is 41.2 Å². The van der Waals surface area contributed by atoms with E-state index in [-0.39, 0.29) is 72.1 Å². The number of amides is 1. The molecule has 3 fully saturated rings. The van der Waals surface area contributed by atoms with Crippen molar-refractivity contribution in [2.24, 2.45) is 39.6 Å². The number of aliphatic imine (C=N–C) groups is 2. The second-order valence-corrected chi connectivity index (χ2v) is 21.2. The van der Waals surface area contributed by atoms with E-state index in [1.54, 1.807) is 24.3 Å². The van der Waals surface area contributed by atoms with Gasteiger partial charge in [0, 0.05) is 53.5 Å². The average molecular weight is 1100 g/mol. The van der Waals surface area contributed by atoms with Crippen LogP contribution in [0.25, 0.3) is 22.6 Å². The van der Waals surface area contributed by atoms with Crippen LogP contribution in [-0.4, -0.2) is 126 Å². The summed E-state index contributed by atoms with van der Waals surface area (Å²) in [7, 11) is 0. The number of pyridine rings is 1. The minimum absolute atomic E-state index is 0.0145. The van der Waals surface area contributed by atoms with Crippen LogP contribution >= 0.6 is 23.2 Å². The van der Waals surface area contributed by atoms with E-state index in [1.165, 1.54) is 40.1 Å². The van der Waals surface area contributed by atoms with Gasteiger partial charge in [-0.3, -0.25) is 24.1 Å². The Bertz CT molecular complexity index is 2900. The highest BCUT2D eigenvalue weighted by Gasteiger charge is 2.42. The van der Waals surface area contributed by atoms with Crippen molar-refractivity contribution in [2.75, 3.05) is 19.8 Å². The summed E-state index contributed by atoms with van der Waals surface area (Å²) in [5, 5.41) is 46.2. The van der Waals surface area contributed by atoms with Crippen molar-refractivity contribution in [1.29, 1.82) is 5.41 Å². The normalized spacial score (nSPS) is 29.5. The first kappa shape index (κ1) is 55.0. The highest BCUT2D eigenvalue weighted by atomic mass is 35.5. The summed E-state index contributed by atoms with van der Waals surface area (Å²) >= 11 is 12.5. The predicted molar refractivity (Wildman–Crippen MR) is 272 cm³/mol. The van der Waals surface area contributed by atoms with Crippen LogP contribution in [0.2, 0.25) is 10.2 Å². The van der Waals surface area contributed by atoms with E-state index in [1.807, 2.05) is 6.92 Å². The molecule has 3 aliphatic heterocycles. The van der Waals surface area contributed by atoms with Crippen LogP contribution in [0.1, 0.15) is 94.9 Å². The summed E-state index contributed by atoms with van der Waals surface area (Å²) < 4.78 is 82.8. The maximum Gasteiger partial charge on any atom is 0.451 e. The molecule has 18 nitrogen and oxygen atoms in total. The number of fused-ring (bicyclic) bond motifs is 2. The minimum Gasteiger partial charge on any atom is -0.388 e. The van der Waals surface area contributed by atoms with Gasteiger partial charge in [0.15, 0.2) is 5.15 Å². The molecule has 1 saturated heterocycles. The summed E-state index contributed by atoms with van der Waals surface area (Å²) in [6.45, 7) is -1.37. The van der Waals surface area contributed by atoms with E-state index in [9.17, 15) is 41.8 Å². The first-order valence-corrected chi connectivity index (χ1v) is 26.2. The number of carbonyl (C=O) groups is 1. The average Bonchev–Trinajstić information content (AvgIpc) is 4.17. The van der Waals surface area contributed by atoms with Crippen molar-refractivity contribution in [3.05, 3.63) is 92.6 Å². The van der Waals surface area contributed by atoms with Crippen LogP contribution in [-0.2, 0) is 14.3 Å². The van der Waals surface area contributed by atoms with Gasteiger partial charge in [0.25, 0.3) is 5.56 Å². The van der Waals surface area contributed by atoms with Crippen molar-refractivity contribution in [1.82, 2.24) is 45.5 Å². The van der Waals surface area contributed by atoms with Crippen molar-refractivity contribution in [3.8, 4) is 16.9 Å². The third kappa shape index (κ3) is 13.0. The SMILES string of the molecule is C[C@H]1C(=O)N/C(C=N)=C(/NC(F)F)c2ccnc(c2)[C@@H](n2cnc(-c3cc(Cl)ccc3-n3cc(Cl)nn3)cc2=O)CCC1CC1CCC(CC2CCC(OC[C@H]3OC[C@H](NC4=NC(C(F)(F)F)=NCC4)[C@@H](O)[C@H]3O)C2)C1. The van der Waals surface area contributed by atoms with E-state index >= 15 is 0 Å². The van der Waals surface area contributed by atoms with Gasteiger partial charge in [-0.2, -0.15) is 22.0 Å². The molecule has 2 saturated carbocycles. The molecule has 11 atom stereocenters. The molecular formula is C51H59Cl2F5N12O6. The minimum atomic E-state index is -4.70. The number of aliphatic hydroxyl groups is 2. The fourth-order valence-electron chi connectivity index (χ4n) is 11.5. The lowest BCUT2D eigenvalue weighted by atomic mass is 9.79. The lowest BCUT2D eigenvalue weighted by Crippen LogP contribution is -2.60. The number of nitrogens with one attached hydrogen (secondary N) is 4. The largest absolute Gasteiger partial charge is 0.451 e. The van der Waals surface area contributed by atoms with E-state index in [0.717, 1.165) is 51.2 Å². The molecule has 1 amide bonds. The van der Waals surface area contributed by atoms with Crippen molar-refractivity contribution in [3.63, 3.8) is 0 Å². The number of rotatable bonds is 14. The zero-order valence-electron chi connectivity index (χ0n) is 41.4. The molecular weight excluding hydrogens is 1040 g/mol. The Balaban J connectivity index is 0.859. The van der Waals surface area contributed by atoms with Gasteiger partial charge in [-0.15, -0.1) is 5.10 Å². The molecule has 6 N–H and O–H groups in total. The molecule has 6 heterocycles. The lowest BCUT2D eigenvalue weighted by Gasteiger charge is -2.38. The van der Waals surface area contributed by atoms with Crippen LogP contribution in [0, 0.1) is 35.0 Å². The highest BCUT2D eigenvalue weighted by molar-refractivity contribution is 6.31. The quantitative estimate of drug-likeness (QED) is 0.0415. The van der Waals surface area contributed by atoms with Gasteiger partial charge in [0.2, 0.25) is 11.7 Å². The summed E-state index contributed by atoms with van der Waals surface area (Å²) in [4.78, 5) is 44.9. The van der Waals surface area contributed by atoms with Crippen LogP contribution in [0.15, 0.2) is 75.6 Å². The number of hydrogen-bond donors (Lipinski definition) is 6. The molecule has 408 valence electrons. The van der Waals surface area contributed by atoms with Crippen LogP contribution in [0.4, 0.5) is 22.0 Å². The third-order valence-electron chi connectivity index (χ3n) is 15.4. The van der Waals surface area contributed by atoms with E-state index in [0.29, 0.717) is 58.8 Å². The molecule has 76 heavy (non-hydrogen) atoms. The zero-order chi connectivity index (χ0) is 53.8. The first-order chi connectivity index (χ1) is 36.4. The topological polar surface area (TPSA) is 239 Å². The van der Waals surface area contributed by atoms with Gasteiger partial charge in [0.1, 0.15) is 24.1 Å². The van der Waals surface area contributed by atoms with Gasteiger partial charge in [-0.05, 0) is 105 Å². The number of halogens is 7. The Morgan fingerprint density at radius 1 is 0.987 bits per heavy atom. The molecule has 3 aromatic heterocycles. The molecule has 5 aliphatic rings. The fraction of sp³-hybridized carbons (Fsp3) is 0.549. The molecule has 0 spiro atoms. The molecule has 0 radical (unpaired) electrons. The monoisotopic (exact) mass is 1100 g/mol. The molecule has 2 aliphatic carbocycles. The molecule has 4 aromatic rings. The summed E-state index contributed by atoms with van der Waals surface area (Å²) in [5.41, 5.74) is 1.16. The van der Waals surface area contributed by atoms with Crippen molar-refractivity contribution in [2.45, 2.75) is 127 Å². The third-order valence-corrected chi connectivity index (χ3v) is 15.8. The summed E-state index contributed by atoms with van der Waals surface area (Å²) in [6.07, 6.45) is 5.01. The molecule has 1 aromatic carbocycles. The number of nitrogens with zero attached hydrogens (tertiary/aromatic N) is 8. The number of carbonyl (C=O) groups excluding carboxylic acids is 1. The van der Waals surface area contributed by atoms with Crippen molar-refractivity contribution < 1.29 is 46.4 Å². The highest BCUT2D eigenvalue weighted by Crippen LogP contribution is 2.44. The smallest absolute Gasteiger partial charge is 0.388 e. The van der Waals surface area contributed by atoms with Gasteiger partial charge < -0.3 is 41.0 Å². The number of amidine groups is 2. The Morgan fingerprint density at radius 2 is 1.76 bits per heavy atom. The molecule has 9 rings (SSSR count). The molecule has 5 unspecified atom stereocenters. The van der Waals surface area contributed by atoms with E-state index in [4.69, 9.17) is 43.1 Å². The zero-order valence-corrected chi connectivity index (χ0v) is 42.9. The number of allylic oxidation sites excluding steroid dienone is 1. The first-order valence-electron chi connectivity index (χ1n) is 25.5. The number of aliphatic hydroxyl groups excluding tert-OH is 2. The number of ether oxygens (including phenoxy) is 2. The van der Waals surface area contributed by atoms with Crippen LogP contribution in [0.3, 0.4) is 0 Å². The lowest BCUT2D eigenvalue weighted by molar-refractivity contribution is -0.171. The predicted octanol–water partition coefficient (Wildman–Crippen LogP) is 7.30. The van der Waals surface area contributed by atoms with E-state index < -0.39 is 66.3 Å². The number of aromatic nitrogens is 6. The summed E-state index contributed by atoms with van der Waals surface area (Å²) in [6, 6.07) is 7.84. The Morgan fingerprint density at radius 3 is 2.50 bits per heavy atom. The van der Waals surface area contributed by atoms with Gasteiger partial charge in [0.05, 0.1) is 72.4 Å². The summed E-state index contributed by atoms with van der Waals surface area (Å²) in [5.74, 6) is -1.39. The van der Waals surface area contributed by atoms with Crippen LogP contribution in [0.5, 0.6) is 0 Å². The van der Waals surface area contributed by atoms with Gasteiger partial charge in [-0.25, -0.2) is 14.7 Å². The number of benzene rings is 1. The maximum atomic E-state index is 14.4. The Kier molecular flexibility index (Phi) is 17.3. The second-order valence-electron chi connectivity index (χ2n) is 20.4.